The van der Waals surface area contributed by atoms with Crippen LogP contribution >= 0.6 is 12.2 Å². The van der Waals surface area contributed by atoms with Crippen molar-refractivity contribution in [1.29, 1.82) is 0 Å². The lowest BCUT2D eigenvalue weighted by Crippen LogP contribution is -2.17. The molecule has 5 nitrogen and oxygen atoms in total. The lowest BCUT2D eigenvalue weighted by Gasteiger charge is -2.12. The third kappa shape index (κ3) is 3.56. The highest BCUT2D eigenvalue weighted by Crippen LogP contribution is 2.18. The molecule has 0 aliphatic carbocycles. The van der Waals surface area contributed by atoms with Crippen molar-refractivity contribution in [3.63, 3.8) is 0 Å². The first-order valence-electron chi connectivity index (χ1n) is 7.73. The average Bonchev–Trinajstić information content (AvgIpc) is 3.15. The normalized spacial score (nSPS) is 17.8. The maximum absolute atomic E-state index is 5.70. The number of aromatic amines is 1. The van der Waals surface area contributed by atoms with Gasteiger partial charge in [-0.15, -0.1) is 0 Å². The summed E-state index contributed by atoms with van der Waals surface area (Å²) >= 11 is 5.35. The number of rotatable bonds is 6. The van der Waals surface area contributed by atoms with Gasteiger partial charge in [0.05, 0.1) is 19.3 Å². The molecule has 1 aromatic carbocycles. The maximum atomic E-state index is 5.70. The summed E-state index contributed by atoms with van der Waals surface area (Å²) in [4.78, 5) is 0. The molecule has 118 valence electrons. The lowest BCUT2D eigenvalue weighted by molar-refractivity contribution is 0.0960. The molecule has 0 unspecified atom stereocenters. The van der Waals surface area contributed by atoms with Gasteiger partial charge in [-0.1, -0.05) is 12.1 Å². The summed E-state index contributed by atoms with van der Waals surface area (Å²) in [6.45, 7) is 4.29. The van der Waals surface area contributed by atoms with Crippen LogP contribution in [0.4, 0.5) is 0 Å². The van der Waals surface area contributed by atoms with E-state index in [9.17, 15) is 0 Å². The zero-order valence-corrected chi connectivity index (χ0v) is 13.6. The number of aromatic nitrogens is 3. The number of hydrogen-bond acceptors (Lipinski definition) is 4. The molecular weight excluding hydrogens is 298 g/mol. The molecule has 1 saturated heterocycles. The molecular formula is C16H21N3O2S. The number of H-pyrrole nitrogens is 1. The summed E-state index contributed by atoms with van der Waals surface area (Å²) < 4.78 is 13.9. The van der Waals surface area contributed by atoms with E-state index < -0.39 is 0 Å². The third-order valence-electron chi connectivity index (χ3n) is 3.84. The van der Waals surface area contributed by atoms with E-state index >= 15 is 0 Å². The van der Waals surface area contributed by atoms with Crippen molar-refractivity contribution in [2.45, 2.75) is 38.8 Å². The molecule has 1 atom stereocenters. The fraction of sp³-hybridized carbons (Fsp3) is 0.500. The Labute approximate surface area is 135 Å². The second-order valence-electron chi connectivity index (χ2n) is 5.44. The van der Waals surface area contributed by atoms with E-state index in [2.05, 4.69) is 26.9 Å². The molecule has 1 aliphatic heterocycles. The Morgan fingerprint density at radius 2 is 2.23 bits per heavy atom. The van der Waals surface area contributed by atoms with Crippen LogP contribution in [0.5, 0.6) is 5.75 Å². The van der Waals surface area contributed by atoms with Gasteiger partial charge >= 0.3 is 0 Å². The Hall–Kier alpha value is -1.66. The summed E-state index contributed by atoms with van der Waals surface area (Å²) in [5.41, 5.74) is 1.19. The van der Waals surface area contributed by atoms with E-state index in [1.807, 2.05) is 19.1 Å². The van der Waals surface area contributed by atoms with Gasteiger partial charge in [0.1, 0.15) is 11.6 Å². The average molecular weight is 319 g/mol. The summed E-state index contributed by atoms with van der Waals surface area (Å²) in [5, 5.41) is 7.27. The molecule has 1 aromatic heterocycles. The van der Waals surface area contributed by atoms with Crippen LogP contribution < -0.4 is 4.74 Å². The van der Waals surface area contributed by atoms with Crippen LogP contribution in [-0.4, -0.2) is 34.1 Å². The Bertz CT molecular complexity index is 657. The standard InChI is InChI=1S/C16H21N3O2S/c1-2-20-13-7-5-12(6-8-13)10-15-17-18-16(22)19(15)11-14-4-3-9-21-14/h5-8,14H,2-4,9-11H2,1H3,(H,18,22)/t14-/m1/s1. The van der Waals surface area contributed by atoms with Crippen molar-refractivity contribution in [2.75, 3.05) is 13.2 Å². The molecule has 6 heteroatoms. The highest BCUT2D eigenvalue weighted by Gasteiger charge is 2.18. The number of nitrogens with zero attached hydrogens (tertiary/aromatic N) is 2. The summed E-state index contributed by atoms with van der Waals surface area (Å²) in [6.07, 6.45) is 3.22. The molecule has 0 amide bonds. The predicted octanol–water partition coefficient (Wildman–Crippen LogP) is 3.11. The quantitative estimate of drug-likeness (QED) is 0.831. The molecule has 0 spiro atoms. The minimum Gasteiger partial charge on any atom is -0.494 e. The molecule has 0 radical (unpaired) electrons. The zero-order valence-electron chi connectivity index (χ0n) is 12.7. The number of benzene rings is 1. The first kappa shape index (κ1) is 15.2. The zero-order chi connectivity index (χ0) is 15.4. The fourth-order valence-electron chi connectivity index (χ4n) is 2.72. The van der Waals surface area contributed by atoms with Crippen LogP contribution in [0.2, 0.25) is 0 Å². The van der Waals surface area contributed by atoms with Crippen molar-refractivity contribution in [3.8, 4) is 5.75 Å². The molecule has 1 aliphatic rings. The molecule has 0 bridgehead atoms. The Morgan fingerprint density at radius 1 is 1.41 bits per heavy atom. The van der Waals surface area contributed by atoms with Crippen molar-refractivity contribution in [1.82, 2.24) is 14.8 Å². The number of hydrogen-bond donors (Lipinski definition) is 1. The first-order chi connectivity index (χ1) is 10.8. The maximum Gasteiger partial charge on any atom is 0.195 e. The van der Waals surface area contributed by atoms with Gasteiger partial charge in [0.2, 0.25) is 0 Å². The molecule has 2 aromatic rings. The summed E-state index contributed by atoms with van der Waals surface area (Å²) in [6, 6.07) is 8.12. The SMILES string of the molecule is CCOc1ccc(Cc2n[nH]c(=S)n2C[C@H]2CCCO2)cc1. The van der Waals surface area contributed by atoms with E-state index in [-0.39, 0.29) is 6.10 Å². The Kier molecular flexibility index (Phi) is 4.90. The molecule has 1 fully saturated rings. The van der Waals surface area contributed by atoms with Gasteiger partial charge in [-0.25, -0.2) is 0 Å². The van der Waals surface area contributed by atoms with Crippen LogP contribution in [0.1, 0.15) is 31.2 Å². The Morgan fingerprint density at radius 3 is 2.91 bits per heavy atom. The predicted molar refractivity (Wildman–Crippen MR) is 86.8 cm³/mol. The van der Waals surface area contributed by atoms with Crippen LogP contribution in [-0.2, 0) is 17.7 Å². The van der Waals surface area contributed by atoms with Crippen molar-refractivity contribution >= 4 is 12.2 Å². The van der Waals surface area contributed by atoms with E-state index in [4.69, 9.17) is 21.7 Å². The highest BCUT2D eigenvalue weighted by molar-refractivity contribution is 7.71. The van der Waals surface area contributed by atoms with Crippen LogP contribution in [0, 0.1) is 4.77 Å². The largest absolute Gasteiger partial charge is 0.494 e. The lowest BCUT2D eigenvalue weighted by atomic mass is 10.1. The second-order valence-corrected chi connectivity index (χ2v) is 5.83. The first-order valence-corrected chi connectivity index (χ1v) is 8.14. The summed E-state index contributed by atoms with van der Waals surface area (Å²) in [5.74, 6) is 1.84. The molecule has 1 N–H and O–H groups in total. The topological polar surface area (TPSA) is 52.1 Å². The monoisotopic (exact) mass is 319 g/mol. The van der Waals surface area contributed by atoms with E-state index in [1.165, 1.54) is 5.56 Å². The van der Waals surface area contributed by atoms with Crippen LogP contribution in [0.3, 0.4) is 0 Å². The molecule has 22 heavy (non-hydrogen) atoms. The minimum atomic E-state index is 0.253. The van der Waals surface area contributed by atoms with Gasteiger partial charge < -0.3 is 14.0 Å². The van der Waals surface area contributed by atoms with Gasteiger partial charge in [0.15, 0.2) is 4.77 Å². The van der Waals surface area contributed by atoms with E-state index in [0.717, 1.165) is 44.0 Å². The summed E-state index contributed by atoms with van der Waals surface area (Å²) in [7, 11) is 0. The fourth-order valence-corrected chi connectivity index (χ4v) is 2.94. The van der Waals surface area contributed by atoms with E-state index in [0.29, 0.717) is 11.4 Å². The Balaban J connectivity index is 1.73. The van der Waals surface area contributed by atoms with Crippen LogP contribution in [0.25, 0.3) is 0 Å². The van der Waals surface area contributed by atoms with Crippen molar-refractivity contribution < 1.29 is 9.47 Å². The van der Waals surface area contributed by atoms with Crippen LogP contribution in [0.15, 0.2) is 24.3 Å². The van der Waals surface area contributed by atoms with E-state index in [1.54, 1.807) is 0 Å². The molecule has 0 saturated carbocycles. The van der Waals surface area contributed by atoms with Crippen molar-refractivity contribution in [2.24, 2.45) is 0 Å². The van der Waals surface area contributed by atoms with Gasteiger partial charge in [0, 0.05) is 13.0 Å². The van der Waals surface area contributed by atoms with Gasteiger partial charge in [0.25, 0.3) is 0 Å². The third-order valence-corrected chi connectivity index (χ3v) is 4.16. The van der Waals surface area contributed by atoms with Crippen molar-refractivity contribution in [3.05, 3.63) is 40.4 Å². The second kappa shape index (κ2) is 7.07. The highest BCUT2D eigenvalue weighted by atomic mass is 32.1. The number of ether oxygens (including phenoxy) is 2. The number of nitrogens with one attached hydrogen (secondary N) is 1. The van der Waals surface area contributed by atoms with Gasteiger partial charge in [-0.3, -0.25) is 5.10 Å². The smallest absolute Gasteiger partial charge is 0.195 e. The molecule has 3 rings (SSSR count). The van der Waals surface area contributed by atoms with Gasteiger partial charge in [-0.2, -0.15) is 5.10 Å². The minimum absolute atomic E-state index is 0.253. The van der Waals surface area contributed by atoms with Gasteiger partial charge in [-0.05, 0) is 49.7 Å². The molecule has 2 heterocycles.